The maximum absolute atomic E-state index is 10.9. The number of para-hydroxylation sites is 1. The van der Waals surface area contributed by atoms with Crippen molar-refractivity contribution in [3.63, 3.8) is 0 Å². The van der Waals surface area contributed by atoms with Gasteiger partial charge in [0.1, 0.15) is 6.07 Å². The van der Waals surface area contributed by atoms with Crippen molar-refractivity contribution in [3.05, 3.63) is 56.1 Å². The number of aryl methyl sites for hydroxylation is 1. The SMILES string of the molecule is Cc1ccccc1Nc1sc([N+](=O)[O-])cc1[N+](=O)[O-]. The van der Waals surface area contributed by atoms with Crippen LogP contribution in [0.4, 0.5) is 21.4 Å². The summed E-state index contributed by atoms with van der Waals surface area (Å²) < 4.78 is 0. The second-order valence-corrected chi connectivity index (χ2v) is 4.78. The van der Waals surface area contributed by atoms with Crippen molar-refractivity contribution in [2.45, 2.75) is 6.92 Å². The Morgan fingerprint density at radius 3 is 2.42 bits per heavy atom. The van der Waals surface area contributed by atoms with Gasteiger partial charge in [-0.3, -0.25) is 20.2 Å². The van der Waals surface area contributed by atoms with Crippen LogP contribution in [-0.2, 0) is 0 Å². The Bertz CT molecular complexity index is 653. The van der Waals surface area contributed by atoms with E-state index < -0.39 is 9.85 Å². The van der Waals surface area contributed by atoms with Gasteiger partial charge >= 0.3 is 10.7 Å². The Labute approximate surface area is 111 Å². The summed E-state index contributed by atoms with van der Waals surface area (Å²) in [4.78, 5) is 20.3. The van der Waals surface area contributed by atoms with E-state index in [1.54, 1.807) is 12.1 Å². The maximum atomic E-state index is 10.9. The zero-order valence-corrected chi connectivity index (χ0v) is 10.6. The fraction of sp³-hybridized carbons (Fsp3) is 0.0909. The highest BCUT2D eigenvalue weighted by Crippen LogP contribution is 2.40. The number of benzene rings is 1. The molecule has 2 aromatic rings. The van der Waals surface area contributed by atoms with Crippen LogP contribution in [0.3, 0.4) is 0 Å². The van der Waals surface area contributed by atoms with Gasteiger partial charge in [0.25, 0.3) is 0 Å². The number of hydrogen-bond acceptors (Lipinski definition) is 6. The van der Waals surface area contributed by atoms with Crippen molar-refractivity contribution >= 4 is 32.7 Å². The number of thiophene rings is 1. The minimum atomic E-state index is -0.638. The van der Waals surface area contributed by atoms with Crippen LogP contribution in [0.15, 0.2) is 30.3 Å². The molecule has 0 aliphatic rings. The Balaban J connectivity index is 2.42. The summed E-state index contributed by atoms with van der Waals surface area (Å²) in [6.45, 7) is 1.84. The molecule has 98 valence electrons. The van der Waals surface area contributed by atoms with Gasteiger partial charge in [0.15, 0.2) is 5.00 Å². The summed E-state index contributed by atoms with van der Waals surface area (Å²) in [5.74, 6) is 0. The molecule has 0 saturated carbocycles. The Morgan fingerprint density at radius 1 is 1.16 bits per heavy atom. The summed E-state index contributed by atoms with van der Waals surface area (Å²) in [5.41, 5.74) is 1.29. The third-order valence-electron chi connectivity index (χ3n) is 2.47. The summed E-state index contributed by atoms with van der Waals surface area (Å²) in [5, 5.41) is 24.3. The predicted octanol–water partition coefficient (Wildman–Crippen LogP) is 3.62. The average molecular weight is 279 g/mol. The number of hydrogen-bond donors (Lipinski definition) is 1. The first-order chi connectivity index (χ1) is 8.99. The van der Waals surface area contributed by atoms with Crippen LogP contribution in [0.2, 0.25) is 0 Å². The summed E-state index contributed by atoms with van der Waals surface area (Å²) >= 11 is 0.748. The number of rotatable bonds is 4. The molecule has 0 amide bonds. The van der Waals surface area contributed by atoms with E-state index in [1.807, 2.05) is 19.1 Å². The van der Waals surface area contributed by atoms with E-state index in [2.05, 4.69) is 5.32 Å². The van der Waals surface area contributed by atoms with Crippen molar-refractivity contribution < 1.29 is 9.85 Å². The fourth-order valence-electron chi connectivity index (χ4n) is 1.52. The van der Waals surface area contributed by atoms with Crippen molar-refractivity contribution in [1.82, 2.24) is 0 Å². The lowest BCUT2D eigenvalue weighted by Crippen LogP contribution is -1.94. The molecule has 0 atom stereocenters. The average Bonchev–Trinajstić information content (AvgIpc) is 2.76. The van der Waals surface area contributed by atoms with Crippen molar-refractivity contribution in [1.29, 1.82) is 0 Å². The van der Waals surface area contributed by atoms with E-state index in [-0.39, 0.29) is 15.7 Å². The number of nitro groups is 2. The summed E-state index contributed by atoms with van der Waals surface area (Å²) in [6, 6.07) is 8.18. The first-order valence-electron chi connectivity index (χ1n) is 5.24. The van der Waals surface area contributed by atoms with Crippen LogP contribution in [0.1, 0.15) is 5.56 Å². The third-order valence-corrected chi connectivity index (χ3v) is 3.46. The smallest absolute Gasteiger partial charge is 0.333 e. The molecule has 0 aliphatic carbocycles. The Kier molecular flexibility index (Phi) is 3.43. The van der Waals surface area contributed by atoms with Gasteiger partial charge in [-0.2, -0.15) is 0 Å². The van der Waals surface area contributed by atoms with Crippen LogP contribution in [0.5, 0.6) is 0 Å². The van der Waals surface area contributed by atoms with Gasteiger partial charge in [0.05, 0.1) is 9.85 Å². The molecule has 0 saturated heterocycles. The highest BCUT2D eigenvalue weighted by molar-refractivity contribution is 7.19. The molecule has 7 nitrogen and oxygen atoms in total. The molecule has 0 unspecified atom stereocenters. The number of nitrogens with zero attached hydrogens (tertiary/aromatic N) is 2. The van der Waals surface area contributed by atoms with Crippen molar-refractivity contribution in [2.75, 3.05) is 5.32 Å². The lowest BCUT2D eigenvalue weighted by Gasteiger charge is -2.06. The molecule has 0 bridgehead atoms. The maximum Gasteiger partial charge on any atom is 0.333 e. The zero-order valence-electron chi connectivity index (χ0n) is 9.82. The molecular weight excluding hydrogens is 270 g/mol. The molecule has 0 spiro atoms. The van der Waals surface area contributed by atoms with E-state index in [4.69, 9.17) is 0 Å². The highest BCUT2D eigenvalue weighted by atomic mass is 32.1. The van der Waals surface area contributed by atoms with Gasteiger partial charge in [-0.1, -0.05) is 18.2 Å². The standard InChI is InChI=1S/C11H9N3O4S/c1-7-4-2-3-5-8(7)12-11-9(13(15)16)6-10(19-11)14(17)18/h2-6,12H,1H3. The monoisotopic (exact) mass is 279 g/mol. The molecule has 19 heavy (non-hydrogen) atoms. The Hall–Kier alpha value is -2.48. The molecule has 1 N–H and O–H groups in total. The van der Waals surface area contributed by atoms with E-state index >= 15 is 0 Å². The van der Waals surface area contributed by atoms with Gasteiger partial charge in [0.2, 0.25) is 0 Å². The van der Waals surface area contributed by atoms with Crippen LogP contribution in [0.25, 0.3) is 0 Å². The second-order valence-electron chi connectivity index (χ2n) is 3.75. The minimum absolute atomic E-state index is 0.158. The molecule has 2 rings (SSSR count). The van der Waals surface area contributed by atoms with E-state index in [9.17, 15) is 20.2 Å². The minimum Gasteiger partial charge on any atom is -0.341 e. The van der Waals surface area contributed by atoms with E-state index in [0.717, 1.165) is 23.0 Å². The normalized spacial score (nSPS) is 10.2. The summed E-state index contributed by atoms with van der Waals surface area (Å²) in [6.07, 6.45) is 0. The van der Waals surface area contributed by atoms with Crippen molar-refractivity contribution in [2.24, 2.45) is 0 Å². The molecule has 1 aromatic heterocycles. The van der Waals surface area contributed by atoms with E-state index in [0.29, 0.717) is 5.69 Å². The molecule has 0 aliphatic heterocycles. The van der Waals surface area contributed by atoms with Gasteiger partial charge < -0.3 is 5.32 Å². The lowest BCUT2D eigenvalue weighted by atomic mass is 10.2. The highest BCUT2D eigenvalue weighted by Gasteiger charge is 2.25. The second kappa shape index (κ2) is 5.02. The van der Waals surface area contributed by atoms with Crippen LogP contribution in [-0.4, -0.2) is 9.85 Å². The molecule has 8 heteroatoms. The van der Waals surface area contributed by atoms with Gasteiger partial charge in [-0.05, 0) is 29.9 Å². The van der Waals surface area contributed by atoms with Gasteiger partial charge in [0, 0.05) is 5.69 Å². The molecule has 0 radical (unpaired) electrons. The molecular formula is C11H9N3O4S. The van der Waals surface area contributed by atoms with Crippen LogP contribution >= 0.6 is 11.3 Å². The quantitative estimate of drug-likeness (QED) is 0.680. The first-order valence-corrected chi connectivity index (χ1v) is 6.06. The summed E-state index contributed by atoms with van der Waals surface area (Å²) in [7, 11) is 0. The van der Waals surface area contributed by atoms with E-state index in [1.165, 1.54) is 0 Å². The third kappa shape index (κ3) is 2.68. The molecule has 1 aromatic carbocycles. The van der Waals surface area contributed by atoms with Crippen LogP contribution < -0.4 is 5.32 Å². The predicted molar refractivity (Wildman–Crippen MR) is 72.1 cm³/mol. The lowest BCUT2D eigenvalue weighted by molar-refractivity contribution is -0.389. The van der Waals surface area contributed by atoms with Gasteiger partial charge in [-0.15, -0.1) is 0 Å². The zero-order chi connectivity index (χ0) is 14.0. The molecule has 0 fully saturated rings. The largest absolute Gasteiger partial charge is 0.341 e. The number of anilines is 2. The fourth-order valence-corrected chi connectivity index (χ4v) is 2.37. The topological polar surface area (TPSA) is 98.3 Å². The number of nitrogens with one attached hydrogen (secondary N) is 1. The van der Waals surface area contributed by atoms with Crippen molar-refractivity contribution in [3.8, 4) is 0 Å². The van der Waals surface area contributed by atoms with Gasteiger partial charge in [-0.25, -0.2) is 0 Å². The first kappa shape index (κ1) is 13.0. The molecule has 1 heterocycles. The Morgan fingerprint density at radius 2 is 1.84 bits per heavy atom. The van der Waals surface area contributed by atoms with Crippen LogP contribution in [0, 0.1) is 27.2 Å².